The first-order chi connectivity index (χ1) is 11.9. The minimum absolute atomic E-state index is 0.00652. The van der Waals surface area contributed by atoms with Gasteiger partial charge < -0.3 is 4.74 Å². The number of ether oxygens (including phenoxy) is 1. The Bertz CT molecular complexity index is 893. The second-order valence-corrected chi connectivity index (χ2v) is 6.97. The lowest BCUT2D eigenvalue weighted by atomic mass is 9.88. The zero-order valence-electron chi connectivity index (χ0n) is 15.2. The van der Waals surface area contributed by atoms with Gasteiger partial charge >= 0.3 is 0 Å². The number of carbonyl (C=O) groups excluding carboxylic acids is 2. The monoisotopic (exact) mass is 337 g/mol. The molecule has 0 bridgehead atoms. The maximum Gasteiger partial charge on any atom is 0.218 e. The number of benzene rings is 2. The van der Waals surface area contributed by atoms with E-state index in [0.29, 0.717) is 42.0 Å². The van der Waals surface area contributed by atoms with Crippen molar-refractivity contribution in [2.45, 2.75) is 46.1 Å². The third-order valence-corrected chi connectivity index (χ3v) is 4.45. The molecule has 0 aromatic heterocycles. The Morgan fingerprint density at radius 1 is 1.12 bits per heavy atom. The van der Waals surface area contributed by atoms with Gasteiger partial charge in [0.25, 0.3) is 0 Å². The molecule has 3 rings (SSSR count). The van der Waals surface area contributed by atoms with Gasteiger partial charge in [-0.1, -0.05) is 38.1 Å². The zero-order valence-corrected chi connectivity index (χ0v) is 15.2. The lowest BCUT2D eigenvalue weighted by molar-refractivity contribution is 0.0987. The molecule has 2 aromatic rings. The van der Waals surface area contributed by atoms with E-state index in [9.17, 15) is 9.59 Å². The van der Waals surface area contributed by atoms with Crippen LogP contribution in [0, 0.1) is 0 Å². The van der Waals surface area contributed by atoms with Gasteiger partial charge in [0, 0.05) is 24.0 Å². The summed E-state index contributed by atoms with van der Waals surface area (Å²) in [6.45, 7) is 8.04. The molecule has 0 saturated carbocycles. The van der Waals surface area contributed by atoms with E-state index in [1.807, 2.05) is 58.0 Å². The molecule has 0 N–H and O–H groups in total. The lowest BCUT2D eigenvalue weighted by Crippen LogP contribution is -2.17. The van der Waals surface area contributed by atoms with Crippen LogP contribution in [0.25, 0.3) is 10.8 Å². The maximum absolute atomic E-state index is 12.8. The van der Waals surface area contributed by atoms with E-state index in [4.69, 9.17) is 4.74 Å². The van der Waals surface area contributed by atoms with Crippen LogP contribution in [0.1, 0.15) is 66.8 Å². The van der Waals surface area contributed by atoms with Crippen molar-refractivity contribution in [2.75, 3.05) is 6.61 Å². The number of fused-ring (bicyclic) bond motifs is 1. The molecule has 1 heterocycles. The maximum atomic E-state index is 12.8. The molecule has 1 aliphatic heterocycles. The first kappa shape index (κ1) is 17.3. The van der Waals surface area contributed by atoms with Crippen molar-refractivity contribution in [3.63, 3.8) is 0 Å². The molecule has 0 saturated heterocycles. The van der Waals surface area contributed by atoms with Gasteiger partial charge in [0.2, 0.25) is 5.90 Å². The molecule has 4 heteroatoms. The minimum Gasteiger partial charge on any atom is -0.475 e. The summed E-state index contributed by atoms with van der Waals surface area (Å²) in [5.41, 5.74) is 1.27. The minimum atomic E-state index is -0.361. The number of Topliss-reactive ketones (excluding diaryl/α,β-unsaturated/α-hetero) is 2. The highest BCUT2D eigenvalue weighted by Gasteiger charge is 2.32. The van der Waals surface area contributed by atoms with Gasteiger partial charge in [0.15, 0.2) is 11.6 Å². The lowest BCUT2D eigenvalue weighted by Gasteiger charge is -2.16. The molecule has 0 spiro atoms. The molecular weight excluding hydrogens is 314 g/mol. The Morgan fingerprint density at radius 2 is 1.80 bits per heavy atom. The highest BCUT2D eigenvalue weighted by atomic mass is 16.5. The molecule has 0 atom stereocenters. The average molecular weight is 337 g/mol. The molecule has 25 heavy (non-hydrogen) atoms. The van der Waals surface area contributed by atoms with Crippen molar-refractivity contribution in [2.24, 2.45) is 4.99 Å². The van der Waals surface area contributed by atoms with Gasteiger partial charge in [-0.05, 0) is 30.7 Å². The third kappa shape index (κ3) is 3.09. The Balaban J connectivity index is 2.42. The summed E-state index contributed by atoms with van der Waals surface area (Å²) in [5, 5.41) is 1.73. The summed E-state index contributed by atoms with van der Waals surface area (Å²) >= 11 is 0. The molecule has 1 aliphatic rings. The predicted octanol–water partition coefficient (Wildman–Crippen LogP) is 4.58. The fourth-order valence-corrected chi connectivity index (χ4v) is 3.16. The first-order valence-electron chi connectivity index (χ1n) is 8.73. The largest absolute Gasteiger partial charge is 0.475 e. The van der Waals surface area contributed by atoms with Crippen LogP contribution in [0.3, 0.4) is 0 Å². The molecule has 2 aromatic carbocycles. The summed E-state index contributed by atoms with van der Waals surface area (Å²) in [5.74, 6) is 0.388. The van der Waals surface area contributed by atoms with Crippen molar-refractivity contribution >= 4 is 28.2 Å². The predicted molar refractivity (Wildman–Crippen MR) is 99.8 cm³/mol. The third-order valence-electron chi connectivity index (χ3n) is 4.45. The SMILES string of the molecule is CCC(=O)c1cc2ccccc2c(C(=O)CC)c1C1=NC(C)(C)CO1. The highest BCUT2D eigenvalue weighted by Crippen LogP contribution is 2.32. The van der Waals surface area contributed by atoms with Gasteiger partial charge in [0.1, 0.15) is 6.61 Å². The normalized spacial score (nSPS) is 15.8. The van der Waals surface area contributed by atoms with Crippen molar-refractivity contribution in [3.8, 4) is 0 Å². The van der Waals surface area contributed by atoms with Crippen LogP contribution >= 0.6 is 0 Å². The van der Waals surface area contributed by atoms with E-state index in [-0.39, 0.29) is 17.1 Å². The van der Waals surface area contributed by atoms with Crippen molar-refractivity contribution in [1.29, 1.82) is 0 Å². The number of carbonyl (C=O) groups is 2. The Hall–Kier alpha value is -2.49. The number of hydrogen-bond acceptors (Lipinski definition) is 4. The molecule has 4 nitrogen and oxygen atoms in total. The van der Waals surface area contributed by atoms with Gasteiger partial charge in [0.05, 0.1) is 11.1 Å². The van der Waals surface area contributed by atoms with Gasteiger partial charge in [-0.25, -0.2) is 4.99 Å². The summed E-state index contributed by atoms with van der Waals surface area (Å²) in [7, 11) is 0. The van der Waals surface area contributed by atoms with E-state index in [1.54, 1.807) is 0 Å². The van der Waals surface area contributed by atoms with Gasteiger partial charge in [-0.3, -0.25) is 9.59 Å². The van der Waals surface area contributed by atoms with Crippen LogP contribution < -0.4 is 0 Å². The van der Waals surface area contributed by atoms with Crippen LogP contribution in [-0.4, -0.2) is 29.6 Å². The molecule has 0 fully saturated rings. The molecular formula is C21H23NO3. The first-order valence-corrected chi connectivity index (χ1v) is 8.73. The van der Waals surface area contributed by atoms with Gasteiger partial charge in [-0.15, -0.1) is 0 Å². The summed E-state index contributed by atoms with van der Waals surface area (Å²) in [6.07, 6.45) is 0.721. The summed E-state index contributed by atoms with van der Waals surface area (Å²) in [4.78, 5) is 30.1. The van der Waals surface area contributed by atoms with E-state index in [2.05, 4.69) is 4.99 Å². The Kier molecular flexibility index (Phi) is 4.46. The molecule has 0 unspecified atom stereocenters. The smallest absolute Gasteiger partial charge is 0.218 e. The average Bonchev–Trinajstić information content (AvgIpc) is 2.98. The Morgan fingerprint density at radius 3 is 2.40 bits per heavy atom. The van der Waals surface area contributed by atoms with Crippen molar-refractivity contribution < 1.29 is 14.3 Å². The number of aliphatic imine (C=N–C) groups is 1. The van der Waals surface area contributed by atoms with Crippen LogP contribution in [-0.2, 0) is 4.74 Å². The number of hydrogen-bond donors (Lipinski definition) is 0. The van der Waals surface area contributed by atoms with Crippen molar-refractivity contribution in [1.82, 2.24) is 0 Å². The topological polar surface area (TPSA) is 55.7 Å². The number of rotatable bonds is 5. The van der Waals surface area contributed by atoms with E-state index in [0.717, 1.165) is 10.8 Å². The number of nitrogens with zero attached hydrogens (tertiary/aromatic N) is 1. The van der Waals surface area contributed by atoms with Crippen LogP contribution in [0.4, 0.5) is 0 Å². The van der Waals surface area contributed by atoms with Crippen LogP contribution in [0.5, 0.6) is 0 Å². The summed E-state index contributed by atoms with van der Waals surface area (Å²) < 4.78 is 5.82. The van der Waals surface area contributed by atoms with E-state index < -0.39 is 0 Å². The molecule has 130 valence electrons. The fourth-order valence-electron chi connectivity index (χ4n) is 3.16. The Labute approximate surface area is 147 Å². The van der Waals surface area contributed by atoms with E-state index in [1.165, 1.54) is 0 Å². The standard InChI is InChI=1S/C21H23NO3/c1-5-16(23)15-11-13-9-7-8-10-14(13)18(17(24)6-2)19(15)20-22-21(3,4)12-25-20/h7-11H,5-6,12H2,1-4H3. The second-order valence-electron chi connectivity index (χ2n) is 6.97. The molecule has 0 radical (unpaired) electrons. The quantitative estimate of drug-likeness (QED) is 0.750. The number of ketones is 2. The zero-order chi connectivity index (χ0) is 18.2. The summed E-state index contributed by atoms with van der Waals surface area (Å²) in [6, 6.07) is 9.53. The van der Waals surface area contributed by atoms with E-state index >= 15 is 0 Å². The fraction of sp³-hybridized carbons (Fsp3) is 0.381. The van der Waals surface area contributed by atoms with Crippen molar-refractivity contribution in [3.05, 3.63) is 47.0 Å². The second kappa shape index (κ2) is 6.43. The van der Waals surface area contributed by atoms with Crippen LogP contribution in [0.2, 0.25) is 0 Å². The van der Waals surface area contributed by atoms with Crippen LogP contribution in [0.15, 0.2) is 35.3 Å². The molecule has 0 aliphatic carbocycles. The highest BCUT2D eigenvalue weighted by molar-refractivity contribution is 6.21. The van der Waals surface area contributed by atoms with Gasteiger partial charge in [-0.2, -0.15) is 0 Å². The molecule has 0 amide bonds.